The van der Waals surface area contributed by atoms with E-state index in [4.69, 9.17) is 5.21 Å². The average molecular weight is 564 g/mol. The van der Waals surface area contributed by atoms with Crippen LogP contribution in [0.15, 0.2) is 80.0 Å². The topological polar surface area (TPSA) is 167 Å². The van der Waals surface area contributed by atoms with Crippen molar-refractivity contribution in [2.75, 3.05) is 6.54 Å². The normalized spacial score (nSPS) is 14.5. The summed E-state index contributed by atoms with van der Waals surface area (Å²) in [5.41, 5.74) is 1.92. The molecule has 2 heterocycles. The molecule has 0 unspecified atom stereocenters. The zero-order valence-electron chi connectivity index (χ0n) is 19.0. The maximum Gasteiger partial charge on any atom is 0.261 e. The van der Waals surface area contributed by atoms with Gasteiger partial charge < -0.3 is 0 Å². The molecule has 0 saturated carbocycles. The Balaban J connectivity index is 1.46. The van der Waals surface area contributed by atoms with Crippen LogP contribution < -0.4 is 10.2 Å². The molecule has 14 heteroatoms. The lowest BCUT2D eigenvalue weighted by Crippen LogP contribution is -2.46. The van der Waals surface area contributed by atoms with Gasteiger partial charge in [-0.2, -0.15) is 4.72 Å². The lowest BCUT2D eigenvalue weighted by atomic mass is 10.1. The second kappa shape index (κ2) is 10.5. The summed E-state index contributed by atoms with van der Waals surface area (Å²) in [6.45, 7) is -0.0816. The Hall–Kier alpha value is -3.43. The number of nitrogens with zero attached hydrogens (tertiary/aromatic N) is 1. The van der Waals surface area contributed by atoms with Crippen molar-refractivity contribution in [2.45, 2.75) is 32.2 Å². The Morgan fingerprint density at radius 3 is 2.03 bits per heavy atom. The number of thiophene rings is 1. The molecule has 2 aromatic carbocycles. The van der Waals surface area contributed by atoms with Gasteiger partial charge >= 0.3 is 0 Å². The second-order valence-electron chi connectivity index (χ2n) is 7.99. The van der Waals surface area contributed by atoms with E-state index in [-0.39, 0.29) is 43.8 Å². The van der Waals surface area contributed by atoms with Crippen LogP contribution in [0.25, 0.3) is 0 Å². The van der Waals surface area contributed by atoms with Gasteiger partial charge in [0.05, 0.1) is 16.0 Å². The van der Waals surface area contributed by atoms with Gasteiger partial charge in [0, 0.05) is 6.54 Å². The molecule has 0 fully saturated rings. The SMILES string of the molecule is O=C(NO)[C@@H](CCCN1C(=O)c2ccccc2C1=O)NS(=O)(=O)c1ccc(S(=O)(=O)c2ccccc2)s1. The van der Waals surface area contributed by atoms with E-state index in [1.807, 2.05) is 0 Å². The van der Waals surface area contributed by atoms with Gasteiger partial charge in [0.25, 0.3) is 27.7 Å². The van der Waals surface area contributed by atoms with Crippen LogP contribution in [0.3, 0.4) is 0 Å². The molecule has 1 aliphatic rings. The van der Waals surface area contributed by atoms with Crippen LogP contribution in [-0.4, -0.2) is 57.3 Å². The molecule has 0 aliphatic carbocycles. The Morgan fingerprint density at radius 1 is 0.865 bits per heavy atom. The summed E-state index contributed by atoms with van der Waals surface area (Å²) in [4.78, 5) is 38.2. The molecule has 4 rings (SSSR count). The number of imide groups is 1. The van der Waals surface area contributed by atoms with Crippen molar-refractivity contribution in [1.82, 2.24) is 15.1 Å². The van der Waals surface area contributed by atoms with Gasteiger partial charge in [0.1, 0.15) is 14.5 Å². The molecule has 0 bridgehead atoms. The van der Waals surface area contributed by atoms with Crippen molar-refractivity contribution >= 4 is 48.9 Å². The van der Waals surface area contributed by atoms with Gasteiger partial charge in [-0.1, -0.05) is 30.3 Å². The summed E-state index contributed by atoms with van der Waals surface area (Å²) in [5, 5.41) is 9.09. The first-order chi connectivity index (χ1) is 17.6. The molecular weight excluding hydrogens is 542 g/mol. The lowest BCUT2D eigenvalue weighted by Gasteiger charge is -2.18. The fourth-order valence-electron chi connectivity index (χ4n) is 3.77. The van der Waals surface area contributed by atoms with Crippen molar-refractivity contribution in [1.29, 1.82) is 0 Å². The Morgan fingerprint density at radius 2 is 1.43 bits per heavy atom. The predicted molar refractivity (Wildman–Crippen MR) is 131 cm³/mol. The number of rotatable bonds is 10. The van der Waals surface area contributed by atoms with Crippen molar-refractivity contribution in [3.8, 4) is 0 Å². The second-order valence-corrected chi connectivity index (χ2v) is 13.2. The Bertz CT molecular complexity index is 1530. The van der Waals surface area contributed by atoms with Crippen molar-refractivity contribution in [3.05, 3.63) is 77.9 Å². The smallest absolute Gasteiger partial charge is 0.261 e. The van der Waals surface area contributed by atoms with E-state index in [2.05, 4.69) is 4.72 Å². The molecule has 1 aromatic heterocycles. The van der Waals surface area contributed by atoms with Gasteiger partial charge in [0.15, 0.2) is 0 Å². The number of carbonyl (C=O) groups is 3. The molecule has 11 nitrogen and oxygen atoms in total. The molecule has 3 N–H and O–H groups in total. The molecule has 0 saturated heterocycles. The van der Waals surface area contributed by atoms with Crippen molar-refractivity contribution in [3.63, 3.8) is 0 Å². The zero-order chi connectivity index (χ0) is 26.8. The summed E-state index contributed by atoms with van der Waals surface area (Å²) < 4.78 is 53.1. The maximum atomic E-state index is 12.9. The van der Waals surface area contributed by atoms with Crippen LogP contribution >= 0.6 is 11.3 Å². The number of sulfone groups is 1. The van der Waals surface area contributed by atoms with Gasteiger partial charge in [0.2, 0.25) is 9.84 Å². The zero-order valence-corrected chi connectivity index (χ0v) is 21.5. The van der Waals surface area contributed by atoms with E-state index < -0.39 is 43.6 Å². The van der Waals surface area contributed by atoms with E-state index in [1.54, 1.807) is 30.3 Å². The van der Waals surface area contributed by atoms with Crippen LogP contribution in [0.4, 0.5) is 0 Å². The third-order valence-electron chi connectivity index (χ3n) is 5.62. The van der Waals surface area contributed by atoms with Crippen LogP contribution in [-0.2, 0) is 24.7 Å². The third kappa shape index (κ3) is 5.33. The largest absolute Gasteiger partial charge is 0.289 e. The number of amides is 3. The first-order valence-corrected chi connectivity index (χ1v) is 14.7. The quantitative estimate of drug-likeness (QED) is 0.191. The molecule has 3 aromatic rings. The third-order valence-corrected chi connectivity index (χ3v) is 10.9. The standard InChI is InChI=1S/C23H21N3O8S3/c27-21(24-30)18(11-6-14-26-22(28)16-9-4-5-10-17(16)23(26)29)25-37(33,34)20-13-12-19(35-20)36(31,32)15-7-2-1-3-8-15/h1-5,7-10,12-13,18,25,30H,6,11,14H2,(H,24,27)/t18-/m1/s1. The van der Waals surface area contributed by atoms with E-state index in [9.17, 15) is 31.2 Å². The minimum atomic E-state index is -4.37. The molecule has 37 heavy (non-hydrogen) atoms. The molecule has 0 radical (unpaired) electrons. The number of fused-ring (bicyclic) bond motifs is 1. The first-order valence-electron chi connectivity index (χ1n) is 10.9. The lowest BCUT2D eigenvalue weighted by molar-refractivity contribution is -0.131. The van der Waals surface area contributed by atoms with Gasteiger partial charge in [-0.25, -0.2) is 22.3 Å². The highest BCUT2D eigenvalue weighted by atomic mass is 32.3. The fraction of sp³-hybridized carbons (Fsp3) is 0.174. The summed E-state index contributed by atoms with van der Waals surface area (Å²) >= 11 is 0.511. The number of hydrogen-bond donors (Lipinski definition) is 3. The van der Waals surface area contributed by atoms with E-state index in [0.29, 0.717) is 11.3 Å². The van der Waals surface area contributed by atoms with Crippen molar-refractivity contribution < 1.29 is 36.4 Å². The first kappa shape index (κ1) is 26.6. The Kier molecular flexibility index (Phi) is 7.57. The van der Waals surface area contributed by atoms with Crippen LogP contribution in [0, 0.1) is 0 Å². The molecule has 1 atom stereocenters. The Labute approximate surface area is 216 Å². The van der Waals surface area contributed by atoms with E-state index >= 15 is 0 Å². The van der Waals surface area contributed by atoms with Crippen LogP contribution in [0.2, 0.25) is 0 Å². The summed E-state index contributed by atoms with van der Waals surface area (Å²) in [6, 6.07) is 14.6. The molecule has 0 spiro atoms. The highest BCUT2D eigenvalue weighted by Gasteiger charge is 2.35. The van der Waals surface area contributed by atoms with Gasteiger partial charge in [-0.3, -0.25) is 24.5 Å². The average Bonchev–Trinajstić information content (AvgIpc) is 3.50. The monoisotopic (exact) mass is 563 g/mol. The van der Waals surface area contributed by atoms with Crippen molar-refractivity contribution in [2.24, 2.45) is 0 Å². The van der Waals surface area contributed by atoms with Gasteiger partial charge in [-0.15, -0.1) is 11.3 Å². The highest BCUT2D eigenvalue weighted by Crippen LogP contribution is 2.30. The number of benzene rings is 2. The predicted octanol–water partition coefficient (Wildman–Crippen LogP) is 1.81. The number of nitrogens with one attached hydrogen (secondary N) is 2. The molecule has 3 amide bonds. The maximum absolute atomic E-state index is 12.9. The summed E-state index contributed by atoms with van der Waals surface area (Å²) in [7, 11) is -8.31. The van der Waals surface area contributed by atoms with Crippen LogP contribution in [0.1, 0.15) is 33.6 Å². The van der Waals surface area contributed by atoms with Crippen LogP contribution in [0.5, 0.6) is 0 Å². The van der Waals surface area contributed by atoms with E-state index in [1.165, 1.54) is 29.7 Å². The number of sulfonamides is 1. The molecule has 1 aliphatic heterocycles. The van der Waals surface area contributed by atoms with Gasteiger partial charge in [-0.05, 0) is 49.2 Å². The minimum Gasteiger partial charge on any atom is -0.289 e. The minimum absolute atomic E-state index is 0.000509. The fourth-order valence-corrected chi connectivity index (χ4v) is 8.21. The molecule has 194 valence electrons. The summed E-state index contributed by atoms with van der Waals surface area (Å²) in [5.74, 6) is -2.04. The number of carbonyl (C=O) groups excluding carboxylic acids is 3. The van der Waals surface area contributed by atoms with E-state index in [0.717, 1.165) is 17.0 Å². The molecular formula is C23H21N3O8S3. The summed E-state index contributed by atoms with van der Waals surface area (Å²) in [6.07, 6.45) is -0.121. The highest BCUT2D eigenvalue weighted by molar-refractivity contribution is 7.95. The number of hydroxylamine groups is 1. The number of hydrogen-bond acceptors (Lipinski definition) is 9.